The quantitative estimate of drug-likeness (QED) is 0.411. The average molecular weight is 613 g/mol. The molecule has 2 amide bonds. The fraction of sp³-hybridized carbons (Fsp3) is 0.533. The van der Waals surface area contributed by atoms with E-state index in [4.69, 9.17) is 35.6 Å². The van der Waals surface area contributed by atoms with Crippen LogP contribution in [0.4, 0.5) is 10.5 Å². The Morgan fingerprint density at radius 3 is 2.70 bits per heavy atom. The minimum Gasteiger partial charge on any atom is -0.494 e. The first-order chi connectivity index (χ1) is 20.6. The van der Waals surface area contributed by atoms with Gasteiger partial charge in [-0.2, -0.15) is 5.10 Å². The number of ether oxygens (including phenoxy) is 4. The van der Waals surface area contributed by atoms with E-state index in [-0.39, 0.29) is 28.8 Å². The third kappa shape index (κ3) is 5.96. The molecule has 0 aliphatic carbocycles. The zero-order valence-corrected chi connectivity index (χ0v) is 25.7. The summed E-state index contributed by atoms with van der Waals surface area (Å²) in [6.45, 7) is 11.0. The molecule has 2 saturated heterocycles. The van der Waals surface area contributed by atoms with Crippen LogP contribution >= 0.6 is 11.6 Å². The largest absolute Gasteiger partial charge is 0.494 e. The van der Waals surface area contributed by atoms with Crippen molar-refractivity contribution in [1.82, 2.24) is 25.0 Å². The SMILES string of the molecule is COc1cc2c(cc1-n1nc(C(=O)NCCN3CCCC4(COC4)C3)c3cnc(Cl)cc31)OCCN2C(=O)OC(C)(C)C. The van der Waals surface area contributed by atoms with E-state index in [1.165, 1.54) is 18.4 Å². The maximum atomic E-state index is 13.4. The topological polar surface area (TPSA) is 120 Å². The van der Waals surface area contributed by atoms with Crippen LogP contribution in [0.5, 0.6) is 11.5 Å². The fourth-order valence-corrected chi connectivity index (χ4v) is 6.10. The molecule has 2 fully saturated rings. The number of aromatic nitrogens is 3. The molecule has 0 atom stereocenters. The Labute approximate surface area is 255 Å². The smallest absolute Gasteiger partial charge is 0.415 e. The maximum absolute atomic E-state index is 13.4. The summed E-state index contributed by atoms with van der Waals surface area (Å²) in [7, 11) is 1.53. The highest BCUT2D eigenvalue weighted by molar-refractivity contribution is 6.30. The van der Waals surface area contributed by atoms with Gasteiger partial charge in [0.1, 0.15) is 34.5 Å². The van der Waals surface area contributed by atoms with Crippen LogP contribution < -0.4 is 19.7 Å². The maximum Gasteiger partial charge on any atom is 0.415 e. The zero-order chi connectivity index (χ0) is 30.4. The summed E-state index contributed by atoms with van der Waals surface area (Å²) in [5.41, 5.74) is 1.45. The number of pyridine rings is 1. The number of anilines is 1. The number of carbonyl (C=O) groups is 2. The number of benzene rings is 1. The van der Waals surface area contributed by atoms with Crippen molar-refractivity contribution in [2.75, 3.05) is 64.6 Å². The van der Waals surface area contributed by atoms with Crippen LogP contribution in [0.2, 0.25) is 5.15 Å². The molecule has 0 saturated carbocycles. The summed E-state index contributed by atoms with van der Waals surface area (Å²) in [5, 5.41) is 8.54. The summed E-state index contributed by atoms with van der Waals surface area (Å²) >= 11 is 6.29. The van der Waals surface area contributed by atoms with Crippen LogP contribution in [-0.4, -0.2) is 96.9 Å². The van der Waals surface area contributed by atoms with Crippen LogP contribution in [0.15, 0.2) is 24.4 Å². The van der Waals surface area contributed by atoms with Gasteiger partial charge in [0.25, 0.3) is 5.91 Å². The van der Waals surface area contributed by atoms with Crippen LogP contribution in [0.25, 0.3) is 16.6 Å². The van der Waals surface area contributed by atoms with E-state index in [0.29, 0.717) is 46.9 Å². The Balaban J connectivity index is 1.28. The van der Waals surface area contributed by atoms with Crippen LogP contribution in [0.1, 0.15) is 44.1 Å². The van der Waals surface area contributed by atoms with E-state index < -0.39 is 11.7 Å². The van der Waals surface area contributed by atoms with Gasteiger partial charge in [-0.3, -0.25) is 9.69 Å². The van der Waals surface area contributed by atoms with Gasteiger partial charge < -0.3 is 29.2 Å². The Hall–Kier alpha value is -3.61. The molecule has 5 heterocycles. The number of piperidine rings is 1. The number of hydrogen-bond acceptors (Lipinski definition) is 9. The lowest BCUT2D eigenvalue weighted by Gasteiger charge is -2.48. The number of likely N-dealkylation sites (tertiary alicyclic amines) is 1. The molecule has 0 unspecified atom stereocenters. The minimum absolute atomic E-state index is 0.220. The van der Waals surface area contributed by atoms with Gasteiger partial charge >= 0.3 is 6.09 Å². The predicted octanol–water partition coefficient (Wildman–Crippen LogP) is 4.06. The van der Waals surface area contributed by atoms with Gasteiger partial charge in [0.15, 0.2) is 5.69 Å². The summed E-state index contributed by atoms with van der Waals surface area (Å²) in [6, 6.07) is 5.10. The minimum atomic E-state index is -0.653. The monoisotopic (exact) mass is 612 g/mol. The highest BCUT2D eigenvalue weighted by Crippen LogP contribution is 2.41. The Morgan fingerprint density at radius 2 is 1.98 bits per heavy atom. The van der Waals surface area contributed by atoms with Gasteiger partial charge in [-0.1, -0.05) is 11.6 Å². The highest BCUT2D eigenvalue weighted by Gasteiger charge is 2.41. The molecule has 3 aliphatic heterocycles. The van der Waals surface area contributed by atoms with Crippen molar-refractivity contribution in [3.8, 4) is 17.2 Å². The number of carbonyl (C=O) groups excluding carboxylic acids is 2. The van der Waals surface area contributed by atoms with E-state index in [9.17, 15) is 9.59 Å². The summed E-state index contributed by atoms with van der Waals surface area (Å²) in [6.07, 6.45) is 3.41. The molecule has 1 spiro atoms. The summed E-state index contributed by atoms with van der Waals surface area (Å²) in [4.78, 5) is 34.5. The lowest BCUT2D eigenvalue weighted by molar-refractivity contribution is -0.143. The number of amides is 2. The van der Waals surface area contributed by atoms with Gasteiger partial charge in [-0.15, -0.1) is 0 Å². The van der Waals surface area contributed by atoms with Gasteiger partial charge in [0, 0.05) is 49.4 Å². The van der Waals surface area contributed by atoms with E-state index in [0.717, 1.165) is 39.3 Å². The van der Waals surface area contributed by atoms with Crippen molar-refractivity contribution in [2.45, 2.75) is 39.2 Å². The molecular weight excluding hydrogens is 576 g/mol. The lowest BCUT2D eigenvalue weighted by Crippen LogP contribution is -2.55. The fourth-order valence-electron chi connectivity index (χ4n) is 5.94. The second kappa shape index (κ2) is 11.5. The average Bonchev–Trinajstić information content (AvgIpc) is 3.33. The van der Waals surface area contributed by atoms with Crippen molar-refractivity contribution in [2.24, 2.45) is 5.41 Å². The number of nitrogens with one attached hydrogen (secondary N) is 1. The first kappa shape index (κ1) is 29.5. The molecule has 13 heteroatoms. The molecule has 0 bridgehead atoms. The first-order valence-electron chi connectivity index (χ1n) is 14.5. The van der Waals surface area contributed by atoms with Gasteiger partial charge in [0.05, 0.1) is 43.5 Å². The molecule has 1 aromatic carbocycles. The van der Waals surface area contributed by atoms with Crippen LogP contribution in [0.3, 0.4) is 0 Å². The molecule has 6 rings (SSSR count). The zero-order valence-electron chi connectivity index (χ0n) is 24.9. The normalized spacial score (nSPS) is 18.1. The van der Waals surface area contributed by atoms with Crippen molar-refractivity contribution >= 4 is 40.2 Å². The standard InChI is InChI=1S/C30H37ClN6O6/c1-29(2,3)43-28(39)36-10-11-42-24-13-22(23(40-4)12-21(24)36)37-20-14-25(31)33-15-19(20)26(34-37)27(38)32-7-9-35-8-5-6-30(16-35)17-41-18-30/h12-15H,5-11,16-18H2,1-4H3,(H,32,38). The van der Waals surface area contributed by atoms with Crippen molar-refractivity contribution in [3.05, 3.63) is 35.2 Å². The number of nitrogens with zero attached hydrogens (tertiary/aromatic N) is 5. The van der Waals surface area contributed by atoms with E-state index in [1.807, 2.05) is 20.8 Å². The molecule has 43 heavy (non-hydrogen) atoms. The number of fused-ring (bicyclic) bond motifs is 2. The van der Waals surface area contributed by atoms with Crippen molar-refractivity contribution in [3.63, 3.8) is 0 Å². The second-order valence-electron chi connectivity index (χ2n) is 12.4. The molecule has 12 nitrogen and oxygen atoms in total. The van der Waals surface area contributed by atoms with E-state index in [1.54, 1.807) is 29.1 Å². The molecular formula is C30H37ClN6O6. The second-order valence-corrected chi connectivity index (χ2v) is 12.8. The molecule has 3 aromatic rings. The lowest BCUT2D eigenvalue weighted by atomic mass is 9.78. The molecule has 0 radical (unpaired) electrons. The third-order valence-electron chi connectivity index (χ3n) is 7.98. The Bertz CT molecular complexity index is 1550. The third-order valence-corrected chi connectivity index (χ3v) is 8.19. The number of hydrogen-bond donors (Lipinski definition) is 1. The Morgan fingerprint density at radius 1 is 1.16 bits per heavy atom. The first-order valence-corrected chi connectivity index (χ1v) is 14.9. The molecule has 1 N–H and O–H groups in total. The number of rotatable bonds is 6. The number of halogens is 1. The van der Waals surface area contributed by atoms with Crippen molar-refractivity contribution in [1.29, 1.82) is 0 Å². The van der Waals surface area contributed by atoms with Gasteiger partial charge in [0.2, 0.25) is 0 Å². The molecule has 3 aliphatic rings. The van der Waals surface area contributed by atoms with Crippen molar-refractivity contribution < 1.29 is 28.5 Å². The summed E-state index contributed by atoms with van der Waals surface area (Å²) in [5.74, 6) is 0.566. The molecule has 230 valence electrons. The number of methoxy groups -OCH3 is 1. The van der Waals surface area contributed by atoms with Crippen LogP contribution in [-0.2, 0) is 9.47 Å². The Kier molecular flexibility index (Phi) is 7.86. The highest BCUT2D eigenvalue weighted by atomic mass is 35.5. The van der Waals surface area contributed by atoms with Crippen LogP contribution in [0, 0.1) is 5.41 Å². The van der Waals surface area contributed by atoms with E-state index in [2.05, 4.69) is 15.2 Å². The van der Waals surface area contributed by atoms with Gasteiger partial charge in [-0.25, -0.2) is 14.5 Å². The summed E-state index contributed by atoms with van der Waals surface area (Å²) < 4.78 is 24.4. The van der Waals surface area contributed by atoms with Gasteiger partial charge in [-0.05, 0) is 40.2 Å². The predicted molar refractivity (Wildman–Crippen MR) is 161 cm³/mol. The van der Waals surface area contributed by atoms with E-state index >= 15 is 0 Å². The molecule has 2 aromatic heterocycles.